The number of nitrogens with zero attached hydrogens (tertiary/aromatic N) is 1. The van der Waals surface area contributed by atoms with Gasteiger partial charge >= 0.3 is 0 Å². The van der Waals surface area contributed by atoms with Crippen LogP contribution in [0.2, 0.25) is 5.02 Å². The molecule has 0 heterocycles. The van der Waals surface area contributed by atoms with Crippen molar-refractivity contribution in [3.8, 4) is 12.3 Å². The van der Waals surface area contributed by atoms with Gasteiger partial charge in [0, 0.05) is 18.7 Å². The van der Waals surface area contributed by atoms with Gasteiger partial charge in [0.2, 0.25) is 5.91 Å². The summed E-state index contributed by atoms with van der Waals surface area (Å²) in [6.45, 7) is 0.218. The van der Waals surface area contributed by atoms with E-state index in [4.69, 9.17) is 18.0 Å². The van der Waals surface area contributed by atoms with Crippen LogP contribution in [0.1, 0.15) is 48.9 Å². The van der Waals surface area contributed by atoms with Gasteiger partial charge in [0.05, 0.1) is 17.1 Å². The Labute approximate surface area is 148 Å². The van der Waals surface area contributed by atoms with Crippen molar-refractivity contribution in [2.45, 2.75) is 38.5 Å². The molecule has 1 aliphatic rings. The van der Waals surface area contributed by atoms with Crippen LogP contribution in [0.15, 0.2) is 18.2 Å². The second-order valence-corrected chi connectivity index (χ2v) is 6.64. The molecule has 0 spiro atoms. The molecule has 2 rings (SSSR count). The normalized spacial score (nSPS) is 15.2. The van der Waals surface area contributed by atoms with Crippen LogP contribution in [0.5, 0.6) is 0 Å². The number of hydrogen-bond donors (Lipinski definition) is 1. The number of carbonyl (C=O) groups excluding carboxylic acids is 2. The number of terminal acetylenes is 1. The summed E-state index contributed by atoms with van der Waals surface area (Å²) in [7, 11) is 1.63. The third kappa shape index (κ3) is 4.75. The van der Waals surface area contributed by atoms with Crippen LogP contribution < -0.4 is 5.32 Å². The van der Waals surface area contributed by atoms with Gasteiger partial charge in [0.1, 0.15) is 0 Å². The standard InChI is InChI=1S/C19H23ClN2O2/c1-3-12-22(2)19(24)16-11-10-15(13-17(16)20)21-18(23)14-8-6-4-5-7-9-14/h1,10-11,13-14H,4-9,12H2,2H3,(H,21,23). The third-order valence-corrected chi connectivity index (χ3v) is 4.68. The van der Waals surface area contributed by atoms with Gasteiger partial charge in [-0.2, -0.15) is 0 Å². The molecular formula is C19H23ClN2O2. The van der Waals surface area contributed by atoms with Crippen molar-refractivity contribution < 1.29 is 9.59 Å². The van der Waals surface area contributed by atoms with Crippen LogP contribution in [0.3, 0.4) is 0 Å². The molecule has 1 N–H and O–H groups in total. The van der Waals surface area contributed by atoms with E-state index in [1.54, 1.807) is 25.2 Å². The molecule has 0 aromatic heterocycles. The highest BCUT2D eigenvalue weighted by atomic mass is 35.5. The molecule has 0 saturated heterocycles. The van der Waals surface area contributed by atoms with E-state index in [0.29, 0.717) is 16.3 Å². The minimum atomic E-state index is -0.236. The zero-order valence-corrected chi connectivity index (χ0v) is 14.7. The summed E-state index contributed by atoms with van der Waals surface area (Å²) in [6.07, 6.45) is 11.7. The average Bonchev–Trinajstić information content (AvgIpc) is 2.84. The second-order valence-electron chi connectivity index (χ2n) is 6.24. The Bertz CT molecular complexity index is 643. The van der Waals surface area contributed by atoms with Gasteiger partial charge < -0.3 is 10.2 Å². The molecule has 2 amide bonds. The summed E-state index contributed by atoms with van der Waals surface area (Å²) in [5.74, 6) is 2.29. The fourth-order valence-electron chi connectivity index (χ4n) is 2.97. The van der Waals surface area contributed by atoms with E-state index in [2.05, 4.69) is 11.2 Å². The van der Waals surface area contributed by atoms with Crippen molar-refractivity contribution in [3.05, 3.63) is 28.8 Å². The first-order valence-electron chi connectivity index (χ1n) is 8.32. The van der Waals surface area contributed by atoms with E-state index in [-0.39, 0.29) is 24.3 Å². The first-order chi connectivity index (χ1) is 11.5. The van der Waals surface area contributed by atoms with E-state index >= 15 is 0 Å². The number of rotatable bonds is 4. The van der Waals surface area contributed by atoms with E-state index in [1.807, 2.05) is 0 Å². The molecule has 0 atom stereocenters. The summed E-state index contributed by atoms with van der Waals surface area (Å²) >= 11 is 6.21. The largest absolute Gasteiger partial charge is 0.331 e. The van der Waals surface area contributed by atoms with Crippen molar-refractivity contribution in [2.75, 3.05) is 18.9 Å². The smallest absolute Gasteiger partial charge is 0.255 e. The third-order valence-electron chi connectivity index (χ3n) is 4.37. The number of anilines is 1. The summed E-state index contributed by atoms with van der Waals surface area (Å²) in [6, 6.07) is 4.95. The zero-order valence-electron chi connectivity index (χ0n) is 14.0. The number of benzene rings is 1. The lowest BCUT2D eigenvalue weighted by Crippen LogP contribution is -2.27. The SMILES string of the molecule is C#CCN(C)C(=O)c1ccc(NC(=O)C2CCCCCC2)cc1Cl. The Morgan fingerprint density at radius 1 is 1.29 bits per heavy atom. The minimum absolute atomic E-state index is 0.0384. The van der Waals surface area contributed by atoms with E-state index in [9.17, 15) is 9.59 Å². The maximum atomic E-state index is 12.4. The van der Waals surface area contributed by atoms with Gasteiger partial charge in [-0.15, -0.1) is 6.42 Å². The lowest BCUT2D eigenvalue weighted by atomic mass is 9.99. The number of hydrogen-bond acceptors (Lipinski definition) is 2. The molecule has 0 unspecified atom stereocenters. The Kier molecular flexibility index (Phi) is 6.69. The van der Waals surface area contributed by atoms with Gasteiger partial charge in [0.25, 0.3) is 5.91 Å². The predicted molar refractivity (Wildman–Crippen MR) is 97.1 cm³/mol. The van der Waals surface area contributed by atoms with E-state index in [0.717, 1.165) is 25.7 Å². The number of carbonyl (C=O) groups is 2. The van der Waals surface area contributed by atoms with Crippen molar-refractivity contribution in [3.63, 3.8) is 0 Å². The topological polar surface area (TPSA) is 49.4 Å². The average molecular weight is 347 g/mol. The van der Waals surface area contributed by atoms with Crippen molar-refractivity contribution in [2.24, 2.45) is 5.92 Å². The molecule has 1 aromatic carbocycles. The number of nitrogens with one attached hydrogen (secondary N) is 1. The monoisotopic (exact) mass is 346 g/mol. The fourth-order valence-corrected chi connectivity index (χ4v) is 3.23. The van der Waals surface area contributed by atoms with Crippen molar-refractivity contribution >= 4 is 29.1 Å². The molecule has 1 aromatic rings. The van der Waals surface area contributed by atoms with Gasteiger partial charge in [-0.25, -0.2) is 0 Å². The molecule has 4 nitrogen and oxygen atoms in total. The molecule has 5 heteroatoms. The summed E-state index contributed by atoms with van der Waals surface area (Å²) in [5, 5.41) is 3.23. The van der Waals surface area contributed by atoms with Gasteiger partial charge in [0.15, 0.2) is 0 Å². The van der Waals surface area contributed by atoms with Crippen LogP contribution in [0, 0.1) is 18.3 Å². The van der Waals surface area contributed by atoms with Crippen LogP contribution in [0.4, 0.5) is 5.69 Å². The van der Waals surface area contributed by atoms with Crippen molar-refractivity contribution in [1.82, 2.24) is 4.90 Å². The maximum Gasteiger partial charge on any atom is 0.255 e. The molecular weight excluding hydrogens is 324 g/mol. The van der Waals surface area contributed by atoms with Crippen LogP contribution >= 0.6 is 11.6 Å². The second kappa shape index (κ2) is 8.75. The Balaban J connectivity index is 2.05. The summed E-state index contributed by atoms with van der Waals surface area (Å²) < 4.78 is 0. The van der Waals surface area contributed by atoms with Gasteiger partial charge in [-0.05, 0) is 31.0 Å². The number of amides is 2. The Morgan fingerprint density at radius 2 is 1.96 bits per heavy atom. The van der Waals surface area contributed by atoms with Crippen LogP contribution in [-0.4, -0.2) is 30.3 Å². The Hall–Kier alpha value is -1.99. The quantitative estimate of drug-likeness (QED) is 0.662. The first kappa shape index (κ1) is 18.4. The molecule has 0 bridgehead atoms. The minimum Gasteiger partial charge on any atom is -0.331 e. The molecule has 0 aliphatic heterocycles. The number of halogens is 1. The van der Waals surface area contributed by atoms with Crippen molar-refractivity contribution in [1.29, 1.82) is 0 Å². The Morgan fingerprint density at radius 3 is 2.54 bits per heavy atom. The molecule has 0 radical (unpaired) electrons. The van der Waals surface area contributed by atoms with E-state index in [1.165, 1.54) is 17.7 Å². The molecule has 1 aliphatic carbocycles. The molecule has 1 saturated carbocycles. The highest BCUT2D eigenvalue weighted by Gasteiger charge is 2.21. The summed E-state index contributed by atoms with van der Waals surface area (Å²) in [4.78, 5) is 26.0. The summed E-state index contributed by atoms with van der Waals surface area (Å²) in [5.41, 5.74) is 0.993. The molecule has 24 heavy (non-hydrogen) atoms. The molecule has 1 fully saturated rings. The predicted octanol–water partition coefficient (Wildman–Crippen LogP) is 3.95. The highest BCUT2D eigenvalue weighted by molar-refractivity contribution is 6.34. The van der Waals surface area contributed by atoms with Crippen LogP contribution in [0.25, 0.3) is 0 Å². The van der Waals surface area contributed by atoms with E-state index < -0.39 is 0 Å². The van der Waals surface area contributed by atoms with Gasteiger partial charge in [-0.3, -0.25) is 9.59 Å². The maximum absolute atomic E-state index is 12.4. The highest BCUT2D eigenvalue weighted by Crippen LogP contribution is 2.26. The molecule has 128 valence electrons. The lowest BCUT2D eigenvalue weighted by Gasteiger charge is -2.17. The zero-order chi connectivity index (χ0) is 17.5. The first-order valence-corrected chi connectivity index (χ1v) is 8.70. The lowest BCUT2D eigenvalue weighted by molar-refractivity contribution is -0.120. The van der Waals surface area contributed by atoms with Gasteiger partial charge in [-0.1, -0.05) is 43.2 Å². The fraction of sp³-hybridized carbons (Fsp3) is 0.474. The van der Waals surface area contributed by atoms with Crippen LogP contribution in [-0.2, 0) is 4.79 Å².